The Morgan fingerprint density at radius 2 is 1.89 bits per heavy atom. The number of rotatable bonds is 10. The molecule has 0 atom stereocenters. The molecule has 0 radical (unpaired) electrons. The zero-order valence-electron chi connectivity index (χ0n) is 10.4. The molecule has 0 saturated carbocycles. The van der Waals surface area contributed by atoms with E-state index < -0.39 is 5.97 Å². The van der Waals surface area contributed by atoms with Crippen LogP contribution in [0.4, 0.5) is 4.79 Å². The third kappa shape index (κ3) is 12.7. The molecule has 0 bridgehead atoms. The predicted molar refractivity (Wildman–Crippen MR) is 73.7 cm³/mol. The molecule has 0 spiro atoms. The van der Waals surface area contributed by atoms with Crippen molar-refractivity contribution >= 4 is 23.8 Å². The highest BCUT2D eigenvalue weighted by Crippen LogP contribution is 1.98. The molecule has 18 heavy (non-hydrogen) atoms. The summed E-state index contributed by atoms with van der Waals surface area (Å²) >= 11 is 1.60. The smallest absolute Gasteiger partial charge is 0.314 e. The van der Waals surface area contributed by atoms with E-state index in [9.17, 15) is 9.59 Å². The van der Waals surface area contributed by atoms with Gasteiger partial charge in [0, 0.05) is 25.3 Å². The minimum absolute atomic E-state index is 0.186. The van der Waals surface area contributed by atoms with E-state index in [1.807, 2.05) is 0 Å². The third-order valence-electron chi connectivity index (χ3n) is 2.07. The zero-order valence-corrected chi connectivity index (χ0v) is 11.2. The van der Waals surface area contributed by atoms with E-state index in [1.54, 1.807) is 11.8 Å². The van der Waals surface area contributed by atoms with Gasteiger partial charge in [0.15, 0.2) is 0 Å². The fraction of sp³-hybridized carbons (Fsp3) is 0.667. The molecule has 2 amide bonds. The molecule has 6 heteroatoms. The summed E-state index contributed by atoms with van der Waals surface area (Å²) in [6.45, 7) is 1.17. The van der Waals surface area contributed by atoms with Crippen molar-refractivity contribution in [1.29, 1.82) is 0 Å². The number of hydrogen-bond acceptors (Lipinski definition) is 3. The second kappa shape index (κ2) is 12.1. The molecule has 0 aromatic rings. The van der Waals surface area contributed by atoms with Crippen LogP contribution >= 0.6 is 11.8 Å². The van der Waals surface area contributed by atoms with Crippen molar-refractivity contribution in [2.45, 2.75) is 25.7 Å². The average molecular weight is 272 g/mol. The van der Waals surface area contributed by atoms with Crippen LogP contribution in [0.25, 0.3) is 0 Å². The summed E-state index contributed by atoms with van der Waals surface area (Å²) in [5, 5.41) is 13.9. The molecule has 0 aromatic carbocycles. The summed E-state index contributed by atoms with van der Waals surface area (Å²) in [5.74, 6) is 3.20. The van der Waals surface area contributed by atoms with Gasteiger partial charge in [0.25, 0.3) is 0 Å². The molecule has 0 fully saturated rings. The van der Waals surface area contributed by atoms with Gasteiger partial charge in [0.1, 0.15) is 0 Å². The molecular weight excluding hydrogens is 252 g/mol. The molecule has 0 aliphatic rings. The van der Waals surface area contributed by atoms with Crippen molar-refractivity contribution < 1.29 is 14.7 Å². The largest absolute Gasteiger partial charge is 0.481 e. The van der Waals surface area contributed by atoms with Crippen molar-refractivity contribution in [3.8, 4) is 12.3 Å². The first kappa shape index (κ1) is 16.6. The van der Waals surface area contributed by atoms with Crippen LogP contribution < -0.4 is 10.6 Å². The van der Waals surface area contributed by atoms with E-state index in [1.165, 1.54) is 0 Å². The Balaban J connectivity index is 3.22. The van der Waals surface area contributed by atoms with Crippen LogP contribution in [0.1, 0.15) is 25.7 Å². The van der Waals surface area contributed by atoms with Gasteiger partial charge in [-0.3, -0.25) is 4.79 Å². The number of thioether (sulfide) groups is 1. The van der Waals surface area contributed by atoms with Crippen LogP contribution in [-0.4, -0.2) is 41.7 Å². The lowest BCUT2D eigenvalue weighted by Crippen LogP contribution is -2.37. The maximum Gasteiger partial charge on any atom is 0.314 e. The van der Waals surface area contributed by atoms with Gasteiger partial charge in [0.05, 0.1) is 5.75 Å². The SMILES string of the molecule is C#CCSCCNC(=O)NCCCCCC(=O)O. The van der Waals surface area contributed by atoms with E-state index in [0.717, 1.165) is 18.6 Å². The van der Waals surface area contributed by atoms with Gasteiger partial charge < -0.3 is 15.7 Å². The number of terminal acetylenes is 1. The molecule has 5 nitrogen and oxygen atoms in total. The summed E-state index contributed by atoms with van der Waals surface area (Å²) in [6, 6.07) is -0.186. The van der Waals surface area contributed by atoms with Gasteiger partial charge in [-0.05, 0) is 12.8 Å². The standard InChI is InChI=1S/C12H20N2O3S/c1-2-9-18-10-8-14-12(17)13-7-5-3-4-6-11(15)16/h1H,3-10H2,(H,15,16)(H2,13,14,17). The Labute approximate surface area is 112 Å². The van der Waals surface area contributed by atoms with Crippen LogP contribution in [-0.2, 0) is 4.79 Å². The van der Waals surface area contributed by atoms with Crippen LogP contribution in [0, 0.1) is 12.3 Å². The van der Waals surface area contributed by atoms with Crippen molar-refractivity contribution in [1.82, 2.24) is 10.6 Å². The van der Waals surface area contributed by atoms with Gasteiger partial charge in [-0.15, -0.1) is 18.2 Å². The molecule has 0 aromatic heterocycles. The third-order valence-corrected chi connectivity index (χ3v) is 2.93. The van der Waals surface area contributed by atoms with Crippen LogP contribution in [0.15, 0.2) is 0 Å². The number of carbonyl (C=O) groups excluding carboxylic acids is 1. The van der Waals surface area contributed by atoms with Crippen LogP contribution in [0.3, 0.4) is 0 Å². The van der Waals surface area contributed by atoms with E-state index in [-0.39, 0.29) is 12.5 Å². The van der Waals surface area contributed by atoms with Gasteiger partial charge in [-0.2, -0.15) is 0 Å². The van der Waals surface area contributed by atoms with E-state index >= 15 is 0 Å². The van der Waals surface area contributed by atoms with E-state index in [0.29, 0.717) is 25.3 Å². The molecule has 0 rings (SSSR count). The highest BCUT2D eigenvalue weighted by atomic mass is 32.2. The average Bonchev–Trinajstić information content (AvgIpc) is 2.33. The monoisotopic (exact) mass is 272 g/mol. The quantitative estimate of drug-likeness (QED) is 0.414. The molecule has 3 N–H and O–H groups in total. The Morgan fingerprint density at radius 3 is 2.56 bits per heavy atom. The minimum Gasteiger partial charge on any atom is -0.481 e. The Hall–Kier alpha value is -1.35. The lowest BCUT2D eigenvalue weighted by Gasteiger charge is -2.06. The lowest BCUT2D eigenvalue weighted by molar-refractivity contribution is -0.137. The molecule has 0 unspecified atom stereocenters. The number of nitrogens with one attached hydrogen (secondary N) is 2. The number of amides is 2. The maximum atomic E-state index is 11.3. The fourth-order valence-corrected chi connectivity index (χ4v) is 1.72. The van der Waals surface area contributed by atoms with Crippen molar-refractivity contribution in [2.75, 3.05) is 24.6 Å². The lowest BCUT2D eigenvalue weighted by atomic mass is 10.2. The first-order valence-corrected chi connectivity index (χ1v) is 7.07. The topological polar surface area (TPSA) is 78.4 Å². The Kier molecular flexibility index (Phi) is 11.2. The predicted octanol–water partition coefficient (Wildman–Crippen LogP) is 1.30. The van der Waals surface area contributed by atoms with E-state index in [4.69, 9.17) is 11.5 Å². The summed E-state index contributed by atoms with van der Waals surface area (Å²) in [4.78, 5) is 21.5. The van der Waals surface area contributed by atoms with Gasteiger partial charge >= 0.3 is 12.0 Å². The second-order valence-electron chi connectivity index (χ2n) is 3.64. The number of carboxylic acid groups (broad SMARTS) is 1. The first-order chi connectivity index (χ1) is 8.66. The Morgan fingerprint density at radius 1 is 1.17 bits per heavy atom. The summed E-state index contributed by atoms with van der Waals surface area (Å²) in [6.07, 6.45) is 7.54. The van der Waals surface area contributed by atoms with Crippen molar-refractivity contribution in [3.05, 3.63) is 0 Å². The van der Waals surface area contributed by atoms with Gasteiger partial charge in [-0.1, -0.05) is 12.3 Å². The van der Waals surface area contributed by atoms with Crippen molar-refractivity contribution in [3.63, 3.8) is 0 Å². The molecule has 0 saturated heterocycles. The summed E-state index contributed by atoms with van der Waals surface area (Å²) in [7, 11) is 0. The maximum absolute atomic E-state index is 11.3. The molecule has 0 aliphatic heterocycles. The number of hydrogen-bond donors (Lipinski definition) is 3. The fourth-order valence-electron chi connectivity index (χ4n) is 1.21. The minimum atomic E-state index is -0.773. The second-order valence-corrected chi connectivity index (χ2v) is 4.75. The number of aliphatic carboxylic acids is 1. The van der Waals surface area contributed by atoms with Crippen molar-refractivity contribution in [2.24, 2.45) is 0 Å². The molecule has 102 valence electrons. The number of carbonyl (C=O) groups is 2. The molecule has 0 aliphatic carbocycles. The highest BCUT2D eigenvalue weighted by molar-refractivity contribution is 7.99. The molecular formula is C12H20N2O3S. The number of carboxylic acids is 1. The first-order valence-electron chi connectivity index (χ1n) is 5.91. The Bertz CT molecular complexity index is 290. The van der Waals surface area contributed by atoms with E-state index in [2.05, 4.69) is 16.6 Å². The number of unbranched alkanes of at least 4 members (excludes halogenated alkanes) is 2. The van der Waals surface area contributed by atoms with Gasteiger partial charge in [-0.25, -0.2) is 4.79 Å². The van der Waals surface area contributed by atoms with Crippen LogP contribution in [0.5, 0.6) is 0 Å². The van der Waals surface area contributed by atoms with Gasteiger partial charge in [0.2, 0.25) is 0 Å². The highest BCUT2D eigenvalue weighted by Gasteiger charge is 1.99. The molecule has 0 heterocycles. The zero-order chi connectivity index (χ0) is 13.6. The summed E-state index contributed by atoms with van der Waals surface area (Å²) < 4.78 is 0. The summed E-state index contributed by atoms with van der Waals surface area (Å²) in [5.41, 5.74) is 0. The number of urea groups is 1. The van der Waals surface area contributed by atoms with Crippen LogP contribution in [0.2, 0.25) is 0 Å². The normalized spacial score (nSPS) is 9.50.